The van der Waals surface area contributed by atoms with Crippen LogP contribution in [0.3, 0.4) is 0 Å². The molecule has 0 amide bonds. The Labute approximate surface area is 484 Å². The van der Waals surface area contributed by atoms with Crippen molar-refractivity contribution in [2.24, 2.45) is 0 Å². The predicted octanol–water partition coefficient (Wildman–Crippen LogP) is 7.42. The van der Waals surface area contributed by atoms with Crippen molar-refractivity contribution in [3.8, 4) is 39.8 Å². The van der Waals surface area contributed by atoms with Gasteiger partial charge >= 0.3 is 28.1 Å². The van der Waals surface area contributed by atoms with Crippen LogP contribution < -0.4 is 34.7 Å². The maximum Gasteiger partial charge on any atom is 0.569 e. The lowest BCUT2D eigenvalue weighted by Crippen LogP contribution is -2.41. The Hall–Kier alpha value is -6.44. The van der Waals surface area contributed by atoms with Gasteiger partial charge in [0.25, 0.3) is 11.1 Å². The minimum atomic E-state index is -3.93. The highest BCUT2D eigenvalue weighted by Gasteiger charge is 2.32. The van der Waals surface area contributed by atoms with Gasteiger partial charge in [-0.1, -0.05) is 53.5 Å². The molecule has 0 saturated heterocycles. The number of anilines is 2. The van der Waals surface area contributed by atoms with Gasteiger partial charge in [-0.2, -0.15) is 55.4 Å². The van der Waals surface area contributed by atoms with Crippen LogP contribution in [-0.2, 0) is 46.3 Å². The van der Waals surface area contributed by atoms with E-state index in [2.05, 4.69) is 50.4 Å². The summed E-state index contributed by atoms with van der Waals surface area (Å²) in [6, 6.07) is 30.9. The van der Waals surface area contributed by atoms with Crippen molar-refractivity contribution in [2.45, 2.75) is 25.9 Å². The summed E-state index contributed by atoms with van der Waals surface area (Å²) in [5, 5.41) is 24.1. The fraction of sp³-hybridized carbons (Fsp3) is 0.160. The van der Waals surface area contributed by atoms with Crippen LogP contribution in [0.4, 0.5) is 20.4 Å². The molecule has 0 aliphatic carbocycles. The minimum Gasteiger partial charge on any atom is -0.537 e. The number of fused-ring (bicyclic) bond motifs is 2. The van der Waals surface area contributed by atoms with E-state index in [9.17, 15) is 30.8 Å². The van der Waals surface area contributed by atoms with E-state index in [-0.39, 0.29) is 109 Å². The number of halogens is 5. The highest BCUT2D eigenvalue weighted by molar-refractivity contribution is 9.10. The second kappa shape index (κ2) is 27.8. The van der Waals surface area contributed by atoms with Crippen LogP contribution in [0, 0.1) is 11.6 Å². The zero-order valence-corrected chi connectivity index (χ0v) is 49.9. The fourth-order valence-electron chi connectivity index (χ4n) is 8.33. The third kappa shape index (κ3) is 14.9. The van der Waals surface area contributed by atoms with Crippen LogP contribution in [0.25, 0.3) is 22.5 Å². The largest absolute Gasteiger partial charge is 0.569 e. The minimum absolute atomic E-state index is 0. The number of rotatable bonds is 13. The fourth-order valence-corrected chi connectivity index (χ4v) is 11.3. The number of benzene rings is 4. The van der Waals surface area contributed by atoms with Crippen LogP contribution in [0.5, 0.6) is 17.2 Å². The molecular weight excluding hydrogens is 1230 g/mol. The van der Waals surface area contributed by atoms with Crippen LogP contribution in [0.2, 0.25) is 10.0 Å². The summed E-state index contributed by atoms with van der Waals surface area (Å²) in [5.41, 5.74) is 2.96. The molecule has 419 valence electrons. The van der Waals surface area contributed by atoms with Gasteiger partial charge in [-0.3, -0.25) is 28.2 Å². The second-order valence-electron chi connectivity index (χ2n) is 16.7. The number of hydrogen-bond donors (Lipinski definition) is 3. The molecule has 1 radical (unpaired) electrons. The van der Waals surface area contributed by atoms with Gasteiger partial charge in [0.1, 0.15) is 28.9 Å². The number of pyridine rings is 2. The smallest absolute Gasteiger partial charge is 0.537 e. The van der Waals surface area contributed by atoms with E-state index in [0.717, 1.165) is 0 Å². The van der Waals surface area contributed by atoms with Crippen molar-refractivity contribution in [2.75, 3.05) is 36.8 Å². The molecule has 2 atom stereocenters. The van der Waals surface area contributed by atoms with E-state index in [1.165, 1.54) is 92.9 Å². The Morgan fingerprint density at radius 1 is 0.637 bits per heavy atom. The normalized spacial score (nSPS) is 12.9. The van der Waals surface area contributed by atoms with E-state index in [1.807, 2.05) is 0 Å². The van der Waals surface area contributed by atoms with Crippen molar-refractivity contribution in [1.29, 1.82) is 0 Å². The van der Waals surface area contributed by atoms with Crippen molar-refractivity contribution >= 4 is 98.7 Å². The van der Waals surface area contributed by atoms with Gasteiger partial charge in [0.2, 0.25) is 0 Å². The average molecular weight is 1280 g/mol. The molecule has 20 nitrogen and oxygen atoms in total. The number of nitrogens with one attached hydrogen (secondary N) is 2. The van der Waals surface area contributed by atoms with Crippen LogP contribution in [0.15, 0.2) is 148 Å². The molecule has 2 aliphatic heterocycles. The summed E-state index contributed by atoms with van der Waals surface area (Å²) in [4.78, 5) is 25.7. The van der Waals surface area contributed by atoms with Crippen molar-refractivity contribution in [3.05, 3.63) is 203 Å². The Morgan fingerprint density at radius 2 is 1.12 bits per heavy atom. The third-order valence-electron chi connectivity index (χ3n) is 11.8. The van der Waals surface area contributed by atoms with Crippen LogP contribution in [-0.4, -0.2) is 95.0 Å². The predicted molar refractivity (Wildman–Crippen MR) is 315 cm³/mol. The lowest BCUT2D eigenvalue weighted by Gasteiger charge is -2.30. The zero-order valence-electron chi connectivity index (χ0n) is 42.3. The average Bonchev–Trinajstić information content (AvgIpc) is 3.43. The maximum atomic E-state index is 15.3. The molecule has 30 heteroatoms. The van der Waals surface area contributed by atoms with Gasteiger partial charge in [0.15, 0.2) is 11.6 Å². The Kier molecular flexibility index (Phi) is 21.8. The van der Waals surface area contributed by atoms with Gasteiger partial charge in [-0.05, 0) is 99.4 Å². The molecule has 2 aliphatic rings. The van der Waals surface area contributed by atoms with Gasteiger partial charge in [-0.25, -0.2) is 8.78 Å². The van der Waals surface area contributed by atoms with E-state index in [0.29, 0.717) is 57.3 Å². The molecule has 0 fully saturated rings. The van der Waals surface area contributed by atoms with E-state index >= 15 is 4.39 Å². The quantitative estimate of drug-likeness (QED) is 0.0752. The Balaban J connectivity index is 0.000000217. The van der Waals surface area contributed by atoms with Crippen molar-refractivity contribution in [1.82, 2.24) is 38.1 Å². The summed E-state index contributed by atoms with van der Waals surface area (Å²) in [7, 11) is -4.34. The number of methoxy groups -OCH3 is 2. The summed E-state index contributed by atoms with van der Waals surface area (Å²) < 4.78 is 107. The molecule has 0 saturated carbocycles. The number of hydrogen-bond acceptors (Lipinski definition) is 14. The highest BCUT2D eigenvalue weighted by Crippen LogP contribution is 2.36. The van der Waals surface area contributed by atoms with Crippen LogP contribution in [0.1, 0.15) is 22.5 Å². The Bertz CT molecular complexity index is 3860. The summed E-state index contributed by atoms with van der Waals surface area (Å²) in [5.74, 6) is 0.209. The summed E-state index contributed by atoms with van der Waals surface area (Å²) >= 11 is 14.8. The number of aromatic nitrogens is 6. The molecule has 4 aromatic carbocycles. The van der Waals surface area contributed by atoms with Gasteiger partial charge in [0, 0.05) is 103 Å². The Morgan fingerprint density at radius 3 is 1.59 bits per heavy atom. The van der Waals surface area contributed by atoms with E-state index in [1.54, 1.807) is 72.8 Å². The topological polar surface area (TPSA) is 242 Å². The number of ether oxygens (including phenoxy) is 2. The standard InChI is InChI=1S/C25H21ClFN5O4S.C19H17BrFN5O4S.C6H5BClO2.2H3P/c1-36-23-13-19(16-4-2-5-18(26)12-16)20(27)14-22(23)32-21-9-11-31(15-17(21)7-8-25(32)33)37(34,35)30-24-6-3-10-28-29-24;1-30-17-9-13(20)14(21)10-16(17)26-15-6-8-25(11-12(15)4-5-19(26)27)31(28,29)24-18-3-2-7-22-23-18;8-5-2-1-3-6(4-5)10-7-9;;/h2-8,10,12-14H,9,11,15H2,1H3,(H,29,30);2-5,7,9-10H,6,8,11H2,1H3,(H,23,24);1-4,9H;2*1H3. The molecule has 80 heavy (non-hydrogen) atoms. The lowest BCUT2D eigenvalue weighted by molar-refractivity contribution is 0.385. The van der Waals surface area contributed by atoms with Crippen LogP contribution >= 0.6 is 58.9 Å². The first-order valence-electron chi connectivity index (χ1n) is 23.0. The first kappa shape index (κ1) is 62.8. The van der Waals surface area contributed by atoms with Gasteiger partial charge in [0.05, 0.1) is 30.1 Å². The lowest BCUT2D eigenvalue weighted by atomic mass is 10.0. The molecule has 4 aromatic heterocycles. The molecule has 0 bridgehead atoms. The molecule has 8 aromatic rings. The molecule has 3 N–H and O–H groups in total. The first-order valence-corrected chi connectivity index (χ1v) is 27.5. The zero-order chi connectivity index (χ0) is 55.7. The first-order chi connectivity index (χ1) is 37.4. The highest BCUT2D eigenvalue weighted by atomic mass is 79.9. The monoisotopic (exact) mass is 1270 g/mol. The summed E-state index contributed by atoms with van der Waals surface area (Å²) in [6.07, 6.45) is 3.33. The number of nitrogens with zero attached hydrogens (tertiary/aromatic N) is 8. The molecular formula is C50H49BBrCl2F2N10O10P2S2. The van der Waals surface area contributed by atoms with Crippen molar-refractivity contribution in [3.63, 3.8) is 0 Å². The molecule has 2 unspecified atom stereocenters. The summed E-state index contributed by atoms with van der Waals surface area (Å²) in [6.45, 7) is 0.258. The van der Waals surface area contributed by atoms with E-state index < -0.39 is 32.1 Å². The maximum absolute atomic E-state index is 15.3. The second-order valence-corrected chi connectivity index (χ2v) is 21.8. The van der Waals surface area contributed by atoms with Gasteiger partial charge in [-0.15, -0.1) is 10.2 Å². The van der Waals surface area contributed by atoms with E-state index in [4.69, 9.17) is 37.7 Å². The third-order valence-corrected chi connectivity index (χ3v) is 15.8. The SMILES string of the molecule is COc1cc(-c2cccc(Cl)c2)c(F)cc1-n1c2c(ccc1=O)CN(S(=O)(=O)Nc1cccnn1)CC2.COc1cc(Br)c(F)cc1-n1c2c(ccc1=O)CN(S(=O)(=O)Nc1cccnn1)CC2.O[B]Oc1cccc(Cl)c1.P.P. The van der Waals surface area contributed by atoms with Crippen molar-refractivity contribution < 1.29 is 44.8 Å². The molecule has 6 heterocycles. The molecule has 0 spiro atoms. The molecule has 10 rings (SSSR count). The van der Waals surface area contributed by atoms with Gasteiger partial charge < -0.3 is 19.2 Å².